The molecule has 0 aliphatic carbocycles. The third-order valence-electron chi connectivity index (χ3n) is 5.87. The van der Waals surface area contributed by atoms with Crippen LogP contribution < -0.4 is 19.6 Å². The fraction of sp³-hybridized carbons (Fsp3) is 0.100. The number of rotatable bonds is 9. The normalized spacial score (nSPS) is 11.0. The van der Waals surface area contributed by atoms with Crippen LogP contribution in [0.15, 0.2) is 94.6 Å². The first-order valence-corrected chi connectivity index (χ1v) is 12.2. The van der Waals surface area contributed by atoms with Gasteiger partial charge in [-0.2, -0.15) is 5.10 Å². The van der Waals surface area contributed by atoms with Crippen LogP contribution in [0.5, 0.6) is 17.2 Å². The van der Waals surface area contributed by atoms with Crippen molar-refractivity contribution in [1.82, 2.24) is 10.4 Å². The highest BCUT2D eigenvalue weighted by Gasteiger charge is 2.20. The van der Waals surface area contributed by atoms with Crippen molar-refractivity contribution in [3.05, 3.63) is 102 Å². The first-order valence-electron chi connectivity index (χ1n) is 12.2. The highest BCUT2D eigenvalue weighted by atomic mass is 16.6. The van der Waals surface area contributed by atoms with E-state index in [1.54, 1.807) is 31.4 Å². The van der Waals surface area contributed by atoms with Gasteiger partial charge < -0.3 is 23.6 Å². The van der Waals surface area contributed by atoms with Crippen LogP contribution in [0.25, 0.3) is 22.0 Å². The second kappa shape index (κ2) is 11.4. The third kappa shape index (κ3) is 5.52. The highest BCUT2D eigenvalue weighted by Crippen LogP contribution is 2.34. The second-order valence-electron chi connectivity index (χ2n) is 8.36. The lowest BCUT2D eigenvalue weighted by atomic mass is 10.0. The van der Waals surface area contributed by atoms with Crippen molar-refractivity contribution < 1.29 is 28.2 Å². The number of nitrogens with one attached hydrogen (secondary N) is 2. The Morgan fingerprint density at radius 1 is 1.00 bits per heavy atom. The second-order valence-corrected chi connectivity index (χ2v) is 8.36. The number of carbonyl (C=O) groups excluding carboxylic acids is 2. The number of hydrazone groups is 1. The summed E-state index contributed by atoms with van der Waals surface area (Å²) >= 11 is 0. The van der Waals surface area contributed by atoms with Gasteiger partial charge in [0.15, 0.2) is 11.5 Å². The van der Waals surface area contributed by atoms with Gasteiger partial charge in [-0.25, -0.2) is 10.2 Å². The summed E-state index contributed by atoms with van der Waals surface area (Å²) in [5.74, 6) is 0.307. The summed E-state index contributed by atoms with van der Waals surface area (Å²) in [6.45, 7) is 2.18. The molecule has 0 saturated heterocycles. The van der Waals surface area contributed by atoms with Gasteiger partial charge in [0.25, 0.3) is 5.91 Å². The number of hydrogen-bond acceptors (Lipinski definition) is 7. The third-order valence-corrected chi connectivity index (χ3v) is 5.87. The number of furan rings is 1. The molecule has 2 N–H and O–H groups in total. The first kappa shape index (κ1) is 25.3. The van der Waals surface area contributed by atoms with Crippen LogP contribution in [0, 0.1) is 0 Å². The number of aromatic nitrogens is 1. The SMILES string of the molecule is CCOc1cc(C=NNC(=O)c2[nH]c3ccc(OC)cc3c2-c2ccccc2)ccc1OC(=O)c1ccco1. The van der Waals surface area contributed by atoms with Crippen LogP contribution in [0.2, 0.25) is 0 Å². The molecule has 0 spiro atoms. The molecule has 0 atom stereocenters. The standard InChI is InChI=1S/C30H25N3O6/c1-3-37-26-16-19(11-14-24(26)39-30(35)25-10-7-15-38-25)18-31-33-29(34)28-27(20-8-5-4-6-9-20)22-17-21(36-2)12-13-23(22)32-28/h4-18,32H,3H2,1-2H3,(H,33,34). The van der Waals surface area contributed by atoms with Crippen LogP contribution >= 0.6 is 0 Å². The smallest absolute Gasteiger partial charge is 0.379 e. The van der Waals surface area contributed by atoms with Crippen molar-refractivity contribution >= 4 is 29.0 Å². The number of hydrogen-bond donors (Lipinski definition) is 2. The zero-order chi connectivity index (χ0) is 27.2. The molecule has 39 heavy (non-hydrogen) atoms. The van der Waals surface area contributed by atoms with E-state index in [-0.39, 0.29) is 11.5 Å². The quantitative estimate of drug-likeness (QED) is 0.109. The molecule has 5 rings (SSSR count). The predicted molar refractivity (Wildman–Crippen MR) is 147 cm³/mol. The molecule has 5 aromatic rings. The molecule has 3 aromatic carbocycles. The number of benzene rings is 3. The van der Waals surface area contributed by atoms with Gasteiger partial charge in [0.2, 0.25) is 5.76 Å². The molecule has 196 valence electrons. The first-order chi connectivity index (χ1) is 19.1. The predicted octanol–water partition coefficient (Wildman–Crippen LogP) is 5.82. The van der Waals surface area contributed by atoms with E-state index in [1.807, 2.05) is 55.5 Å². The Labute approximate surface area is 224 Å². The zero-order valence-corrected chi connectivity index (χ0v) is 21.3. The summed E-state index contributed by atoms with van der Waals surface area (Å²) in [6.07, 6.45) is 2.87. The molecule has 1 amide bonds. The molecule has 0 fully saturated rings. The molecule has 2 heterocycles. The van der Waals surface area contributed by atoms with E-state index < -0.39 is 11.9 Å². The average molecular weight is 524 g/mol. The van der Waals surface area contributed by atoms with Gasteiger partial charge in [0.1, 0.15) is 11.4 Å². The van der Waals surface area contributed by atoms with Crippen LogP contribution in [0.3, 0.4) is 0 Å². The molecule has 0 bridgehead atoms. The minimum atomic E-state index is -0.639. The number of fused-ring (bicyclic) bond motifs is 1. The number of aromatic amines is 1. The lowest BCUT2D eigenvalue weighted by molar-refractivity contribution is 0.0695. The van der Waals surface area contributed by atoms with E-state index in [2.05, 4.69) is 15.5 Å². The summed E-state index contributed by atoms with van der Waals surface area (Å²) in [5.41, 5.74) is 6.02. The van der Waals surface area contributed by atoms with Gasteiger partial charge >= 0.3 is 5.97 Å². The average Bonchev–Trinajstić information content (AvgIpc) is 3.63. The molecular weight excluding hydrogens is 498 g/mol. The zero-order valence-electron chi connectivity index (χ0n) is 21.3. The van der Waals surface area contributed by atoms with E-state index in [1.165, 1.54) is 18.5 Å². The van der Waals surface area contributed by atoms with Crippen LogP contribution in [-0.2, 0) is 0 Å². The molecular formula is C30H25N3O6. The van der Waals surface area contributed by atoms with Crippen molar-refractivity contribution in [3.8, 4) is 28.4 Å². The molecule has 9 heteroatoms. The van der Waals surface area contributed by atoms with Gasteiger partial charge in [-0.3, -0.25) is 4.79 Å². The van der Waals surface area contributed by atoms with Crippen molar-refractivity contribution in [2.24, 2.45) is 5.10 Å². The number of nitrogens with zero attached hydrogens (tertiary/aromatic N) is 1. The molecule has 0 aliphatic rings. The van der Waals surface area contributed by atoms with Crippen molar-refractivity contribution in [3.63, 3.8) is 0 Å². The maximum absolute atomic E-state index is 13.2. The summed E-state index contributed by atoms with van der Waals surface area (Å²) in [5, 5.41) is 5.00. The Hall–Kier alpha value is -5.31. The van der Waals surface area contributed by atoms with E-state index >= 15 is 0 Å². The number of H-pyrrole nitrogens is 1. The molecule has 9 nitrogen and oxygen atoms in total. The summed E-state index contributed by atoms with van der Waals surface area (Å²) in [7, 11) is 1.60. The summed E-state index contributed by atoms with van der Waals surface area (Å²) < 4.78 is 21.5. The molecule has 0 saturated carbocycles. The molecule has 0 unspecified atom stereocenters. The van der Waals surface area contributed by atoms with E-state index in [0.29, 0.717) is 29.4 Å². The summed E-state index contributed by atoms with van der Waals surface area (Å²) in [4.78, 5) is 28.7. The lowest BCUT2D eigenvalue weighted by Crippen LogP contribution is -2.18. The van der Waals surface area contributed by atoms with Crippen molar-refractivity contribution in [1.29, 1.82) is 0 Å². The minimum absolute atomic E-state index is 0.0797. The monoisotopic (exact) mass is 523 g/mol. The van der Waals surface area contributed by atoms with Gasteiger partial charge in [-0.05, 0) is 66.6 Å². The van der Waals surface area contributed by atoms with Gasteiger partial charge in [0, 0.05) is 16.5 Å². The van der Waals surface area contributed by atoms with Crippen LogP contribution in [0.4, 0.5) is 0 Å². The minimum Gasteiger partial charge on any atom is -0.497 e. The molecule has 2 aromatic heterocycles. The fourth-order valence-corrected chi connectivity index (χ4v) is 4.10. The van der Waals surface area contributed by atoms with E-state index in [4.69, 9.17) is 18.6 Å². The van der Waals surface area contributed by atoms with Crippen molar-refractivity contribution in [2.45, 2.75) is 6.92 Å². The van der Waals surface area contributed by atoms with Gasteiger partial charge in [-0.15, -0.1) is 0 Å². The Kier molecular flexibility index (Phi) is 7.40. The number of amides is 1. The Morgan fingerprint density at radius 3 is 2.59 bits per heavy atom. The number of esters is 1. The van der Waals surface area contributed by atoms with Crippen LogP contribution in [0.1, 0.15) is 33.5 Å². The number of methoxy groups -OCH3 is 1. The Balaban J connectivity index is 1.38. The number of ether oxygens (including phenoxy) is 3. The topological polar surface area (TPSA) is 115 Å². The highest BCUT2D eigenvalue weighted by molar-refractivity contribution is 6.10. The lowest BCUT2D eigenvalue weighted by Gasteiger charge is -2.10. The summed E-state index contributed by atoms with van der Waals surface area (Å²) in [6, 6.07) is 23.3. The van der Waals surface area contributed by atoms with Gasteiger partial charge in [0.05, 0.1) is 26.2 Å². The molecule has 0 radical (unpaired) electrons. The number of carbonyl (C=O) groups is 2. The van der Waals surface area contributed by atoms with E-state index in [0.717, 1.165) is 22.0 Å². The Morgan fingerprint density at radius 2 is 1.85 bits per heavy atom. The maximum atomic E-state index is 13.2. The van der Waals surface area contributed by atoms with Crippen LogP contribution in [-0.4, -0.2) is 36.8 Å². The fourth-order valence-electron chi connectivity index (χ4n) is 4.10. The Bertz CT molecular complexity index is 1640. The largest absolute Gasteiger partial charge is 0.497 e. The molecule has 0 aliphatic heterocycles. The van der Waals surface area contributed by atoms with E-state index in [9.17, 15) is 9.59 Å². The van der Waals surface area contributed by atoms with Gasteiger partial charge in [-0.1, -0.05) is 30.3 Å². The van der Waals surface area contributed by atoms with Crippen molar-refractivity contribution in [2.75, 3.05) is 13.7 Å². The maximum Gasteiger partial charge on any atom is 0.379 e.